The summed E-state index contributed by atoms with van der Waals surface area (Å²) in [5, 5.41) is 0. The van der Waals surface area contributed by atoms with Crippen LogP contribution in [-0.4, -0.2) is 34.9 Å². The summed E-state index contributed by atoms with van der Waals surface area (Å²) in [7, 11) is 3.25. The fourth-order valence-corrected chi connectivity index (χ4v) is 1.90. The summed E-state index contributed by atoms with van der Waals surface area (Å²) in [4.78, 5) is 22.5. The van der Waals surface area contributed by atoms with Crippen LogP contribution in [0.3, 0.4) is 0 Å². The van der Waals surface area contributed by atoms with E-state index in [0.29, 0.717) is 11.4 Å². The van der Waals surface area contributed by atoms with Gasteiger partial charge in [-0.1, -0.05) is 6.07 Å². The van der Waals surface area contributed by atoms with E-state index in [9.17, 15) is 4.79 Å². The lowest BCUT2D eigenvalue weighted by Gasteiger charge is -2.24. The van der Waals surface area contributed by atoms with Crippen LogP contribution in [-0.2, 0) is 0 Å². The molecular weight excluding hydrogens is 254 g/mol. The van der Waals surface area contributed by atoms with Gasteiger partial charge < -0.3 is 9.64 Å². The summed E-state index contributed by atoms with van der Waals surface area (Å²) in [6, 6.07) is 8.94. The van der Waals surface area contributed by atoms with Crippen LogP contribution in [0.4, 0.5) is 0 Å². The first-order valence-corrected chi connectivity index (χ1v) is 6.32. The number of carbonyl (C=O) groups is 1. The maximum absolute atomic E-state index is 12.5. The van der Waals surface area contributed by atoms with E-state index in [1.165, 1.54) is 7.11 Å². The molecule has 0 saturated carbocycles. The molecular formula is C15H17N3O2. The lowest BCUT2D eigenvalue weighted by atomic mass is 10.1. The van der Waals surface area contributed by atoms with E-state index in [2.05, 4.69) is 9.97 Å². The highest BCUT2D eigenvalue weighted by atomic mass is 16.5. The zero-order valence-corrected chi connectivity index (χ0v) is 11.8. The van der Waals surface area contributed by atoms with Gasteiger partial charge in [-0.25, -0.2) is 4.98 Å². The Bertz CT molecular complexity index is 587. The minimum Gasteiger partial charge on any atom is -0.480 e. The minimum absolute atomic E-state index is 0.131. The Morgan fingerprint density at radius 1 is 1.20 bits per heavy atom. The van der Waals surface area contributed by atoms with Crippen molar-refractivity contribution in [3.05, 3.63) is 54.0 Å². The molecule has 0 aliphatic carbocycles. The molecule has 104 valence electrons. The topological polar surface area (TPSA) is 55.3 Å². The van der Waals surface area contributed by atoms with Crippen LogP contribution in [0.5, 0.6) is 5.88 Å². The van der Waals surface area contributed by atoms with Crippen molar-refractivity contribution in [3.8, 4) is 5.88 Å². The van der Waals surface area contributed by atoms with Gasteiger partial charge in [-0.3, -0.25) is 9.78 Å². The van der Waals surface area contributed by atoms with E-state index in [1.54, 1.807) is 36.5 Å². The molecule has 1 unspecified atom stereocenters. The number of pyridine rings is 2. The van der Waals surface area contributed by atoms with E-state index >= 15 is 0 Å². The smallest absolute Gasteiger partial charge is 0.259 e. The molecule has 2 rings (SSSR count). The molecule has 0 radical (unpaired) electrons. The van der Waals surface area contributed by atoms with Gasteiger partial charge in [0.05, 0.1) is 18.8 Å². The molecule has 0 saturated heterocycles. The molecule has 2 aromatic heterocycles. The summed E-state index contributed by atoms with van der Waals surface area (Å²) in [5.41, 5.74) is 1.28. The number of hydrogen-bond acceptors (Lipinski definition) is 4. The quantitative estimate of drug-likeness (QED) is 0.856. The number of hydrogen-bond donors (Lipinski definition) is 0. The van der Waals surface area contributed by atoms with Gasteiger partial charge in [0, 0.05) is 19.4 Å². The molecule has 0 aromatic carbocycles. The Morgan fingerprint density at radius 2 is 1.95 bits per heavy atom. The SMILES string of the molecule is COc1ncccc1C(=O)N(C)C(C)c1ccccn1. The highest BCUT2D eigenvalue weighted by Crippen LogP contribution is 2.22. The largest absolute Gasteiger partial charge is 0.480 e. The zero-order valence-electron chi connectivity index (χ0n) is 11.8. The van der Waals surface area contributed by atoms with E-state index in [4.69, 9.17) is 4.74 Å². The summed E-state index contributed by atoms with van der Waals surface area (Å²) in [6.07, 6.45) is 3.31. The second-order valence-electron chi connectivity index (χ2n) is 4.41. The predicted octanol–water partition coefficient (Wildman–Crippen LogP) is 2.32. The van der Waals surface area contributed by atoms with Crippen LogP contribution < -0.4 is 4.74 Å². The molecule has 0 bridgehead atoms. The van der Waals surface area contributed by atoms with E-state index in [0.717, 1.165) is 5.69 Å². The first-order valence-electron chi connectivity index (χ1n) is 6.32. The number of amides is 1. The van der Waals surface area contributed by atoms with Crippen molar-refractivity contribution in [1.82, 2.24) is 14.9 Å². The van der Waals surface area contributed by atoms with Gasteiger partial charge in [0.15, 0.2) is 0 Å². The van der Waals surface area contributed by atoms with E-state index in [-0.39, 0.29) is 11.9 Å². The summed E-state index contributed by atoms with van der Waals surface area (Å²) >= 11 is 0. The number of rotatable bonds is 4. The molecule has 2 heterocycles. The Kier molecular flexibility index (Phi) is 4.30. The lowest BCUT2D eigenvalue weighted by Crippen LogP contribution is -2.30. The molecule has 0 aliphatic rings. The van der Waals surface area contributed by atoms with Crippen LogP contribution in [0.2, 0.25) is 0 Å². The van der Waals surface area contributed by atoms with Crippen molar-refractivity contribution in [1.29, 1.82) is 0 Å². The van der Waals surface area contributed by atoms with Gasteiger partial charge >= 0.3 is 0 Å². The van der Waals surface area contributed by atoms with Gasteiger partial charge in [-0.15, -0.1) is 0 Å². The monoisotopic (exact) mass is 271 g/mol. The molecule has 5 heteroatoms. The third kappa shape index (κ3) is 2.77. The average Bonchev–Trinajstić information content (AvgIpc) is 2.53. The van der Waals surface area contributed by atoms with Gasteiger partial charge in [0.2, 0.25) is 5.88 Å². The maximum Gasteiger partial charge on any atom is 0.259 e. The molecule has 0 fully saturated rings. The van der Waals surface area contributed by atoms with Crippen LogP contribution in [0, 0.1) is 0 Å². The maximum atomic E-state index is 12.5. The zero-order chi connectivity index (χ0) is 14.5. The second-order valence-corrected chi connectivity index (χ2v) is 4.41. The standard InChI is InChI=1S/C15H17N3O2/c1-11(13-8-4-5-9-16-13)18(2)15(19)12-7-6-10-17-14(12)20-3/h4-11H,1-3H3. The predicted molar refractivity (Wildman–Crippen MR) is 75.5 cm³/mol. The molecule has 1 amide bonds. The van der Waals surface area contributed by atoms with Gasteiger partial charge in [0.1, 0.15) is 5.56 Å². The summed E-state index contributed by atoms with van der Waals surface area (Å²) in [6.45, 7) is 1.93. The van der Waals surface area contributed by atoms with Crippen LogP contribution in [0.25, 0.3) is 0 Å². The number of aromatic nitrogens is 2. The minimum atomic E-state index is -0.145. The van der Waals surface area contributed by atoms with Crippen molar-refractivity contribution in [3.63, 3.8) is 0 Å². The van der Waals surface area contributed by atoms with E-state index < -0.39 is 0 Å². The third-order valence-corrected chi connectivity index (χ3v) is 3.21. The second kappa shape index (κ2) is 6.14. The first-order chi connectivity index (χ1) is 9.65. The van der Waals surface area contributed by atoms with Gasteiger partial charge in [-0.05, 0) is 31.2 Å². The van der Waals surface area contributed by atoms with Crippen molar-refractivity contribution >= 4 is 5.91 Å². The van der Waals surface area contributed by atoms with Crippen molar-refractivity contribution < 1.29 is 9.53 Å². The van der Waals surface area contributed by atoms with Crippen molar-refractivity contribution in [2.75, 3.05) is 14.2 Å². The molecule has 0 aliphatic heterocycles. The molecule has 1 atom stereocenters. The van der Waals surface area contributed by atoms with Crippen molar-refractivity contribution in [2.45, 2.75) is 13.0 Å². The first kappa shape index (κ1) is 14.0. The third-order valence-electron chi connectivity index (χ3n) is 3.21. The lowest BCUT2D eigenvalue weighted by molar-refractivity contribution is 0.0735. The molecule has 20 heavy (non-hydrogen) atoms. The Hall–Kier alpha value is -2.43. The van der Waals surface area contributed by atoms with Gasteiger partial charge in [-0.2, -0.15) is 0 Å². The normalized spacial score (nSPS) is 11.8. The highest BCUT2D eigenvalue weighted by Gasteiger charge is 2.22. The molecule has 5 nitrogen and oxygen atoms in total. The Morgan fingerprint density at radius 3 is 2.60 bits per heavy atom. The Balaban J connectivity index is 2.24. The highest BCUT2D eigenvalue weighted by molar-refractivity contribution is 5.96. The van der Waals surface area contributed by atoms with Crippen LogP contribution in [0.1, 0.15) is 29.0 Å². The summed E-state index contributed by atoms with van der Waals surface area (Å²) in [5.74, 6) is 0.186. The van der Waals surface area contributed by atoms with Crippen LogP contribution >= 0.6 is 0 Å². The average molecular weight is 271 g/mol. The Labute approximate surface area is 118 Å². The van der Waals surface area contributed by atoms with Crippen LogP contribution in [0.15, 0.2) is 42.7 Å². The van der Waals surface area contributed by atoms with Crippen molar-refractivity contribution in [2.24, 2.45) is 0 Å². The number of carbonyl (C=O) groups excluding carboxylic acids is 1. The molecule has 0 spiro atoms. The van der Waals surface area contributed by atoms with E-state index in [1.807, 2.05) is 25.1 Å². The number of ether oxygens (including phenoxy) is 1. The summed E-state index contributed by atoms with van der Waals surface area (Å²) < 4.78 is 5.13. The number of methoxy groups -OCH3 is 1. The molecule has 0 N–H and O–H groups in total. The molecule has 2 aromatic rings. The fourth-order valence-electron chi connectivity index (χ4n) is 1.90. The fraction of sp³-hybridized carbons (Fsp3) is 0.267. The van der Waals surface area contributed by atoms with Gasteiger partial charge in [0.25, 0.3) is 5.91 Å². The number of nitrogens with zero attached hydrogens (tertiary/aromatic N) is 3.